The number of likely N-dealkylation sites (tertiary alicyclic amines) is 1. The van der Waals surface area contributed by atoms with Crippen LogP contribution in [0.25, 0.3) is 0 Å². The van der Waals surface area contributed by atoms with Crippen molar-refractivity contribution in [2.24, 2.45) is 0 Å². The van der Waals surface area contributed by atoms with Gasteiger partial charge in [-0.3, -0.25) is 4.98 Å². The summed E-state index contributed by atoms with van der Waals surface area (Å²) in [6, 6.07) is 5.69. The summed E-state index contributed by atoms with van der Waals surface area (Å²) in [6.07, 6.45) is 7.61. The SMILES string of the molecule is OCCN1CCCC(c2cnc(Nc3ccccn3)cn2)C1. The van der Waals surface area contributed by atoms with Gasteiger partial charge in [-0.15, -0.1) is 0 Å². The molecule has 6 nitrogen and oxygen atoms in total. The standard InChI is InChI=1S/C16H21N5O/c22-9-8-21-7-3-4-13(12-21)14-10-19-16(11-18-14)20-15-5-1-2-6-17-15/h1-2,5-6,10-11,13,22H,3-4,7-9,12H2,(H,17,19,20). The summed E-state index contributed by atoms with van der Waals surface area (Å²) in [5.74, 6) is 1.86. The van der Waals surface area contributed by atoms with Crippen molar-refractivity contribution in [2.75, 3.05) is 31.6 Å². The molecule has 116 valence electrons. The van der Waals surface area contributed by atoms with E-state index in [9.17, 15) is 0 Å². The van der Waals surface area contributed by atoms with Crippen molar-refractivity contribution in [3.63, 3.8) is 0 Å². The lowest BCUT2D eigenvalue weighted by Crippen LogP contribution is -2.36. The molecule has 2 N–H and O–H groups in total. The number of aliphatic hydroxyl groups excluding tert-OH is 1. The minimum Gasteiger partial charge on any atom is -0.395 e. The van der Waals surface area contributed by atoms with Gasteiger partial charge >= 0.3 is 0 Å². The van der Waals surface area contributed by atoms with Crippen LogP contribution in [0.3, 0.4) is 0 Å². The Morgan fingerprint density at radius 1 is 1.18 bits per heavy atom. The number of β-amino-alcohol motifs (C(OH)–C–C–N with tert-alkyl or cyclic N) is 1. The van der Waals surface area contributed by atoms with E-state index in [0.717, 1.165) is 44.0 Å². The van der Waals surface area contributed by atoms with Gasteiger partial charge in [0.25, 0.3) is 0 Å². The summed E-state index contributed by atoms with van der Waals surface area (Å²) in [5, 5.41) is 12.2. The second kappa shape index (κ2) is 7.29. The maximum absolute atomic E-state index is 9.07. The second-order valence-corrected chi connectivity index (χ2v) is 5.53. The molecule has 0 saturated carbocycles. The van der Waals surface area contributed by atoms with E-state index in [1.165, 1.54) is 0 Å². The van der Waals surface area contributed by atoms with Gasteiger partial charge in [0.15, 0.2) is 0 Å². The molecule has 22 heavy (non-hydrogen) atoms. The molecule has 3 rings (SSSR count). The lowest BCUT2D eigenvalue weighted by Gasteiger charge is -2.31. The number of nitrogens with one attached hydrogen (secondary N) is 1. The Hall–Kier alpha value is -2.05. The van der Waals surface area contributed by atoms with Gasteiger partial charge in [-0.2, -0.15) is 0 Å². The lowest BCUT2D eigenvalue weighted by atomic mass is 9.95. The van der Waals surface area contributed by atoms with Gasteiger partial charge in [0.2, 0.25) is 0 Å². The minimum atomic E-state index is 0.214. The fourth-order valence-electron chi connectivity index (χ4n) is 2.82. The third-order valence-electron chi connectivity index (χ3n) is 3.93. The van der Waals surface area contributed by atoms with E-state index in [0.29, 0.717) is 11.7 Å². The molecule has 3 heterocycles. The van der Waals surface area contributed by atoms with Crippen LogP contribution in [0.1, 0.15) is 24.5 Å². The Bertz CT molecular complexity index is 573. The number of pyridine rings is 1. The van der Waals surface area contributed by atoms with Crippen molar-refractivity contribution < 1.29 is 5.11 Å². The quantitative estimate of drug-likeness (QED) is 0.877. The van der Waals surface area contributed by atoms with Crippen LogP contribution < -0.4 is 5.32 Å². The largest absolute Gasteiger partial charge is 0.395 e. The van der Waals surface area contributed by atoms with Crippen LogP contribution >= 0.6 is 0 Å². The first-order valence-corrected chi connectivity index (χ1v) is 7.68. The lowest BCUT2D eigenvalue weighted by molar-refractivity contribution is 0.160. The molecule has 0 aromatic carbocycles. The highest BCUT2D eigenvalue weighted by Crippen LogP contribution is 2.25. The normalized spacial score (nSPS) is 19.0. The van der Waals surface area contributed by atoms with Gasteiger partial charge in [-0.1, -0.05) is 6.07 Å². The van der Waals surface area contributed by atoms with E-state index in [2.05, 4.69) is 25.2 Å². The van der Waals surface area contributed by atoms with Crippen LogP contribution in [0.4, 0.5) is 11.6 Å². The summed E-state index contributed by atoms with van der Waals surface area (Å²) in [4.78, 5) is 15.5. The number of hydrogen-bond acceptors (Lipinski definition) is 6. The Labute approximate surface area is 130 Å². The first-order chi connectivity index (χ1) is 10.8. The summed E-state index contributed by atoms with van der Waals surface area (Å²) in [5.41, 5.74) is 1.02. The zero-order valence-electron chi connectivity index (χ0n) is 12.5. The van der Waals surface area contributed by atoms with Crippen molar-refractivity contribution >= 4 is 11.6 Å². The monoisotopic (exact) mass is 299 g/mol. The van der Waals surface area contributed by atoms with Crippen LogP contribution in [-0.2, 0) is 0 Å². The average Bonchev–Trinajstić information content (AvgIpc) is 2.57. The molecule has 2 aromatic rings. The van der Waals surface area contributed by atoms with Gasteiger partial charge in [0, 0.05) is 25.2 Å². The molecule has 1 fully saturated rings. The zero-order valence-corrected chi connectivity index (χ0v) is 12.5. The molecule has 0 spiro atoms. The molecule has 0 aliphatic carbocycles. The van der Waals surface area contributed by atoms with Crippen LogP contribution in [0, 0.1) is 0 Å². The smallest absolute Gasteiger partial charge is 0.150 e. The third kappa shape index (κ3) is 3.78. The van der Waals surface area contributed by atoms with E-state index in [1.54, 1.807) is 12.4 Å². The minimum absolute atomic E-state index is 0.214. The number of nitrogens with zero attached hydrogens (tertiary/aromatic N) is 4. The fraction of sp³-hybridized carbons (Fsp3) is 0.438. The highest BCUT2D eigenvalue weighted by molar-refractivity contribution is 5.49. The van der Waals surface area contributed by atoms with Crippen LogP contribution in [0.2, 0.25) is 0 Å². The number of anilines is 2. The summed E-state index contributed by atoms with van der Waals surface area (Å²) < 4.78 is 0. The average molecular weight is 299 g/mol. The van der Waals surface area contributed by atoms with Crippen molar-refractivity contribution in [3.05, 3.63) is 42.5 Å². The number of piperidine rings is 1. The van der Waals surface area contributed by atoms with Crippen LogP contribution in [0.15, 0.2) is 36.8 Å². The van der Waals surface area contributed by atoms with Crippen molar-refractivity contribution in [2.45, 2.75) is 18.8 Å². The molecule has 1 unspecified atom stereocenters. The molecular formula is C16H21N5O. The maximum atomic E-state index is 9.07. The van der Waals surface area contributed by atoms with Crippen molar-refractivity contribution in [1.82, 2.24) is 19.9 Å². The predicted octanol–water partition coefficient (Wildman–Crippen LogP) is 1.79. The van der Waals surface area contributed by atoms with Gasteiger partial charge in [0.05, 0.1) is 24.7 Å². The first kappa shape index (κ1) is 14.9. The van der Waals surface area contributed by atoms with E-state index in [-0.39, 0.29) is 6.61 Å². The highest BCUT2D eigenvalue weighted by Gasteiger charge is 2.22. The molecule has 2 aromatic heterocycles. The van der Waals surface area contributed by atoms with E-state index in [1.807, 2.05) is 24.4 Å². The zero-order chi connectivity index (χ0) is 15.2. The van der Waals surface area contributed by atoms with Gasteiger partial charge in [-0.05, 0) is 31.5 Å². The summed E-state index contributed by atoms with van der Waals surface area (Å²) in [6.45, 7) is 2.96. The maximum Gasteiger partial charge on any atom is 0.150 e. The molecule has 0 bridgehead atoms. The molecule has 1 atom stereocenters. The Kier molecular flexibility index (Phi) is 4.92. The number of aliphatic hydroxyl groups is 1. The van der Waals surface area contributed by atoms with E-state index < -0.39 is 0 Å². The van der Waals surface area contributed by atoms with Crippen molar-refractivity contribution in [3.8, 4) is 0 Å². The van der Waals surface area contributed by atoms with E-state index in [4.69, 9.17) is 5.11 Å². The summed E-state index contributed by atoms with van der Waals surface area (Å²) in [7, 11) is 0. The predicted molar refractivity (Wildman–Crippen MR) is 85.1 cm³/mol. The first-order valence-electron chi connectivity index (χ1n) is 7.68. The summed E-state index contributed by atoms with van der Waals surface area (Å²) >= 11 is 0. The molecule has 0 amide bonds. The molecule has 1 aliphatic rings. The number of hydrogen-bond donors (Lipinski definition) is 2. The highest BCUT2D eigenvalue weighted by atomic mass is 16.3. The third-order valence-corrected chi connectivity index (χ3v) is 3.93. The van der Waals surface area contributed by atoms with Gasteiger partial charge < -0.3 is 15.3 Å². The Morgan fingerprint density at radius 2 is 2.14 bits per heavy atom. The molecule has 6 heteroatoms. The van der Waals surface area contributed by atoms with E-state index >= 15 is 0 Å². The van der Waals surface area contributed by atoms with Crippen molar-refractivity contribution in [1.29, 1.82) is 0 Å². The topological polar surface area (TPSA) is 74.2 Å². The molecular weight excluding hydrogens is 278 g/mol. The molecule has 1 aliphatic heterocycles. The van der Waals surface area contributed by atoms with Gasteiger partial charge in [-0.25, -0.2) is 9.97 Å². The number of rotatable bonds is 5. The van der Waals surface area contributed by atoms with Crippen LogP contribution in [-0.4, -0.2) is 51.2 Å². The number of aromatic nitrogens is 3. The Balaban J connectivity index is 1.63. The Morgan fingerprint density at radius 3 is 2.86 bits per heavy atom. The van der Waals surface area contributed by atoms with Crippen LogP contribution in [0.5, 0.6) is 0 Å². The molecule has 0 radical (unpaired) electrons. The second-order valence-electron chi connectivity index (χ2n) is 5.53. The fourth-order valence-corrected chi connectivity index (χ4v) is 2.82. The molecule has 1 saturated heterocycles. The van der Waals surface area contributed by atoms with Gasteiger partial charge in [0.1, 0.15) is 11.6 Å².